The number of non-ortho nitro benzene ring substituents is 1. The Morgan fingerprint density at radius 1 is 0.938 bits per heavy atom. The van der Waals surface area contributed by atoms with Crippen molar-refractivity contribution in [2.75, 3.05) is 41.8 Å². The van der Waals surface area contributed by atoms with E-state index in [1.165, 1.54) is 24.5 Å². The Kier molecular flexibility index (Phi) is 6.13. The molecular formula is C22H20N4O6. The van der Waals surface area contributed by atoms with Crippen LogP contribution in [0.1, 0.15) is 20.9 Å². The molecule has 10 heteroatoms. The molecule has 3 aromatic rings. The van der Waals surface area contributed by atoms with Crippen molar-refractivity contribution < 1.29 is 23.7 Å². The van der Waals surface area contributed by atoms with Gasteiger partial charge >= 0.3 is 0 Å². The Balaban J connectivity index is 1.56. The minimum absolute atomic E-state index is 0.159. The smallest absolute Gasteiger partial charge is 0.291 e. The Hall–Kier alpha value is -4.18. The number of benzene rings is 2. The molecule has 2 aromatic carbocycles. The van der Waals surface area contributed by atoms with Crippen LogP contribution in [0.2, 0.25) is 0 Å². The molecular weight excluding hydrogens is 416 g/mol. The molecule has 0 atom stereocenters. The van der Waals surface area contributed by atoms with Crippen molar-refractivity contribution in [3.8, 4) is 0 Å². The number of morpholine rings is 1. The van der Waals surface area contributed by atoms with Crippen molar-refractivity contribution >= 4 is 34.6 Å². The van der Waals surface area contributed by atoms with E-state index in [0.29, 0.717) is 43.4 Å². The number of hydrogen-bond donors (Lipinski definition) is 2. The molecule has 1 saturated heterocycles. The molecule has 0 unspecified atom stereocenters. The minimum Gasteiger partial charge on any atom is -0.459 e. The van der Waals surface area contributed by atoms with Crippen LogP contribution in [0.15, 0.2) is 65.3 Å². The lowest BCUT2D eigenvalue weighted by atomic mass is 10.1. The van der Waals surface area contributed by atoms with Gasteiger partial charge in [-0.2, -0.15) is 0 Å². The quantitative estimate of drug-likeness (QED) is 0.447. The van der Waals surface area contributed by atoms with Crippen molar-refractivity contribution in [3.63, 3.8) is 0 Å². The first kappa shape index (κ1) is 21.1. The molecule has 164 valence electrons. The van der Waals surface area contributed by atoms with Crippen LogP contribution in [-0.4, -0.2) is 43.0 Å². The van der Waals surface area contributed by atoms with Gasteiger partial charge in [-0.15, -0.1) is 0 Å². The van der Waals surface area contributed by atoms with E-state index in [9.17, 15) is 19.7 Å². The summed E-state index contributed by atoms with van der Waals surface area (Å²) in [6, 6.07) is 14.0. The van der Waals surface area contributed by atoms with Crippen LogP contribution in [0.4, 0.5) is 22.7 Å². The van der Waals surface area contributed by atoms with Crippen molar-refractivity contribution in [1.29, 1.82) is 0 Å². The fourth-order valence-corrected chi connectivity index (χ4v) is 3.37. The lowest BCUT2D eigenvalue weighted by Crippen LogP contribution is -2.37. The third-order valence-corrected chi connectivity index (χ3v) is 4.91. The third-order valence-electron chi connectivity index (χ3n) is 4.91. The summed E-state index contributed by atoms with van der Waals surface area (Å²) in [7, 11) is 0. The molecule has 10 nitrogen and oxygen atoms in total. The standard InChI is InChI=1S/C22H20N4O6/c27-21(18-14-17(26(29)30)6-7-19(18)25-8-11-31-12-9-25)23-15-3-1-4-16(13-15)24-22(28)20-5-2-10-32-20/h1-7,10,13-14H,8-9,11-12H2,(H,23,27)(H,24,28). The lowest BCUT2D eigenvalue weighted by Gasteiger charge is -2.30. The zero-order valence-corrected chi connectivity index (χ0v) is 16.9. The Labute approximate surface area is 182 Å². The molecule has 2 N–H and O–H groups in total. The molecule has 1 aliphatic rings. The number of furan rings is 1. The second-order valence-electron chi connectivity index (χ2n) is 7.02. The van der Waals surface area contributed by atoms with Crippen LogP contribution in [0.25, 0.3) is 0 Å². The summed E-state index contributed by atoms with van der Waals surface area (Å²) in [5.74, 6) is -0.761. The first-order valence-electron chi connectivity index (χ1n) is 9.88. The van der Waals surface area contributed by atoms with Gasteiger partial charge in [0.05, 0.1) is 35.7 Å². The summed E-state index contributed by atoms with van der Waals surface area (Å²) in [6.07, 6.45) is 1.40. The predicted molar refractivity (Wildman–Crippen MR) is 117 cm³/mol. The summed E-state index contributed by atoms with van der Waals surface area (Å²) >= 11 is 0. The fourth-order valence-electron chi connectivity index (χ4n) is 3.37. The molecule has 32 heavy (non-hydrogen) atoms. The molecule has 0 bridgehead atoms. The van der Waals surface area contributed by atoms with Gasteiger partial charge in [-0.25, -0.2) is 0 Å². The number of rotatable bonds is 6. The second kappa shape index (κ2) is 9.31. The summed E-state index contributed by atoms with van der Waals surface area (Å²) in [5, 5.41) is 16.7. The molecule has 1 aliphatic heterocycles. The molecule has 0 saturated carbocycles. The molecule has 4 rings (SSSR count). The maximum Gasteiger partial charge on any atom is 0.291 e. The van der Waals surface area contributed by atoms with E-state index >= 15 is 0 Å². The lowest BCUT2D eigenvalue weighted by molar-refractivity contribution is -0.384. The van der Waals surface area contributed by atoms with E-state index < -0.39 is 16.7 Å². The van der Waals surface area contributed by atoms with Gasteiger partial charge < -0.3 is 24.7 Å². The summed E-state index contributed by atoms with van der Waals surface area (Å²) in [5.41, 5.74) is 1.49. The van der Waals surface area contributed by atoms with E-state index in [2.05, 4.69) is 10.6 Å². The third kappa shape index (κ3) is 4.76. The van der Waals surface area contributed by atoms with Gasteiger partial charge in [0.2, 0.25) is 0 Å². The van der Waals surface area contributed by atoms with Crippen LogP contribution in [0.3, 0.4) is 0 Å². The molecule has 0 radical (unpaired) electrons. The number of nitro groups is 1. The van der Waals surface area contributed by atoms with Crippen LogP contribution < -0.4 is 15.5 Å². The van der Waals surface area contributed by atoms with Gasteiger partial charge in [-0.1, -0.05) is 6.07 Å². The highest BCUT2D eigenvalue weighted by Gasteiger charge is 2.22. The van der Waals surface area contributed by atoms with Gasteiger partial charge in [0.25, 0.3) is 17.5 Å². The van der Waals surface area contributed by atoms with E-state index in [4.69, 9.17) is 9.15 Å². The van der Waals surface area contributed by atoms with E-state index in [0.717, 1.165) is 0 Å². The number of nitro benzene ring substituents is 1. The highest BCUT2D eigenvalue weighted by molar-refractivity contribution is 6.09. The van der Waals surface area contributed by atoms with E-state index in [1.54, 1.807) is 36.4 Å². The number of hydrogen-bond acceptors (Lipinski definition) is 7. The molecule has 0 aliphatic carbocycles. The fraction of sp³-hybridized carbons (Fsp3) is 0.182. The minimum atomic E-state index is -0.537. The van der Waals surface area contributed by atoms with Crippen molar-refractivity contribution in [2.45, 2.75) is 0 Å². The first-order valence-corrected chi connectivity index (χ1v) is 9.88. The second-order valence-corrected chi connectivity index (χ2v) is 7.02. The molecule has 1 fully saturated rings. The van der Waals surface area contributed by atoms with Gasteiger partial charge in [0.1, 0.15) is 0 Å². The predicted octanol–water partition coefficient (Wildman–Crippen LogP) is 3.53. The van der Waals surface area contributed by atoms with Gasteiger partial charge in [-0.3, -0.25) is 19.7 Å². The topological polar surface area (TPSA) is 127 Å². The zero-order chi connectivity index (χ0) is 22.5. The highest BCUT2D eigenvalue weighted by Crippen LogP contribution is 2.28. The van der Waals surface area contributed by atoms with Crippen molar-refractivity contribution in [3.05, 3.63) is 82.3 Å². The number of anilines is 3. The molecule has 0 spiro atoms. The number of ether oxygens (including phenoxy) is 1. The Bertz CT molecular complexity index is 1140. The number of nitrogens with one attached hydrogen (secondary N) is 2. The van der Waals surface area contributed by atoms with Gasteiger partial charge in [-0.05, 0) is 36.4 Å². The molecule has 2 heterocycles. The van der Waals surface area contributed by atoms with E-state index in [1.807, 2.05) is 4.90 Å². The van der Waals surface area contributed by atoms with E-state index in [-0.39, 0.29) is 17.0 Å². The molecule has 2 amide bonds. The normalized spacial score (nSPS) is 13.4. The summed E-state index contributed by atoms with van der Waals surface area (Å²) < 4.78 is 10.4. The number of nitrogens with zero attached hydrogens (tertiary/aromatic N) is 2. The number of amides is 2. The van der Waals surface area contributed by atoms with Crippen molar-refractivity contribution in [2.24, 2.45) is 0 Å². The van der Waals surface area contributed by atoms with Gasteiger partial charge in [0, 0.05) is 36.6 Å². The van der Waals surface area contributed by atoms with Crippen molar-refractivity contribution in [1.82, 2.24) is 0 Å². The Morgan fingerprint density at radius 3 is 2.31 bits per heavy atom. The highest BCUT2D eigenvalue weighted by atomic mass is 16.6. The van der Waals surface area contributed by atoms with Crippen LogP contribution in [0.5, 0.6) is 0 Å². The number of carbonyl (C=O) groups excluding carboxylic acids is 2. The van der Waals surface area contributed by atoms with Crippen LogP contribution in [0, 0.1) is 10.1 Å². The maximum absolute atomic E-state index is 13.1. The molecule has 1 aromatic heterocycles. The average Bonchev–Trinajstić information content (AvgIpc) is 3.35. The van der Waals surface area contributed by atoms with Crippen LogP contribution in [-0.2, 0) is 4.74 Å². The largest absolute Gasteiger partial charge is 0.459 e. The average molecular weight is 436 g/mol. The van der Waals surface area contributed by atoms with Gasteiger partial charge in [0.15, 0.2) is 5.76 Å². The summed E-state index contributed by atoms with van der Waals surface area (Å²) in [6.45, 7) is 2.17. The van der Waals surface area contributed by atoms with Crippen LogP contribution >= 0.6 is 0 Å². The first-order chi connectivity index (χ1) is 15.5. The SMILES string of the molecule is O=C(Nc1cccc(NC(=O)c2cc([N+](=O)[O-])ccc2N2CCOCC2)c1)c1ccco1. The number of carbonyl (C=O) groups is 2. The summed E-state index contributed by atoms with van der Waals surface area (Å²) in [4.78, 5) is 37.9. The maximum atomic E-state index is 13.1. The monoisotopic (exact) mass is 436 g/mol. The zero-order valence-electron chi connectivity index (χ0n) is 16.9. The Morgan fingerprint density at radius 2 is 1.66 bits per heavy atom.